The van der Waals surface area contributed by atoms with E-state index in [4.69, 9.17) is 4.74 Å². The zero-order chi connectivity index (χ0) is 22.3. The van der Waals surface area contributed by atoms with Gasteiger partial charge in [-0.2, -0.15) is 0 Å². The Kier molecular flexibility index (Phi) is 7.12. The first kappa shape index (κ1) is 22.0. The van der Waals surface area contributed by atoms with Gasteiger partial charge < -0.3 is 10.1 Å². The van der Waals surface area contributed by atoms with Gasteiger partial charge in [-0.25, -0.2) is 9.97 Å². The second kappa shape index (κ2) is 10.4. The second-order valence-corrected chi connectivity index (χ2v) is 8.18. The molecule has 0 atom stereocenters. The van der Waals surface area contributed by atoms with Crippen molar-refractivity contribution in [2.24, 2.45) is 5.92 Å². The summed E-state index contributed by atoms with van der Waals surface area (Å²) in [4.78, 5) is 24.2. The fourth-order valence-corrected chi connectivity index (χ4v) is 4.13. The summed E-state index contributed by atoms with van der Waals surface area (Å²) in [5, 5.41) is 3.18. The van der Waals surface area contributed by atoms with E-state index in [1.165, 1.54) is 0 Å². The fraction of sp³-hybridized carbons (Fsp3) is 0.346. The van der Waals surface area contributed by atoms with Crippen LogP contribution in [-0.2, 0) is 17.8 Å². The molecule has 2 heterocycles. The van der Waals surface area contributed by atoms with Crippen molar-refractivity contribution in [2.75, 3.05) is 25.5 Å². The number of likely N-dealkylation sites (tertiary alicyclic amines) is 1. The Hall–Kier alpha value is -3.25. The summed E-state index contributed by atoms with van der Waals surface area (Å²) in [6.07, 6.45) is 6.38. The first-order chi connectivity index (χ1) is 15.7. The Balaban J connectivity index is 1.36. The lowest BCUT2D eigenvalue weighted by molar-refractivity contribution is -0.121. The molecule has 1 aliphatic rings. The van der Waals surface area contributed by atoms with Crippen LogP contribution >= 0.6 is 0 Å². The number of carbonyl (C=O) groups is 1. The third-order valence-electron chi connectivity index (χ3n) is 6.01. The van der Waals surface area contributed by atoms with Gasteiger partial charge in [0, 0.05) is 48.1 Å². The van der Waals surface area contributed by atoms with E-state index in [1.807, 2.05) is 60.9 Å². The summed E-state index contributed by atoms with van der Waals surface area (Å²) >= 11 is 0. The smallest absolute Gasteiger partial charge is 0.227 e. The van der Waals surface area contributed by atoms with E-state index in [9.17, 15) is 4.79 Å². The van der Waals surface area contributed by atoms with Crippen LogP contribution in [0.15, 0.2) is 60.9 Å². The van der Waals surface area contributed by atoms with Crippen LogP contribution in [0, 0.1) is 5.92 Å². The Morgan fingerprint density at radius 2 is 1.84 bits per heavy atom. The first-order valence-electron chi connectivity index (χ1n) is 11.2. The highest BCUT2D eigenvalue weighted by Crippen LogP contribution is 2.31. The Labute approximate surface area is 189 Å². The van der Waals surface area contributed by atoms with Crippen molar-refractivity contribution >= 4 is 11.6 Å². The highest BCUT2D eigenvalue weighted by Gasteiger charge is 2.25. The van der Waals surface area contributed by atoms with Gasteiger partial charge in [-0.15, -0.1) is 0 Å². The lowest BCUT2D eigenvalue weighted by atomic mass is 9.95. The van der Waals surface area contributed by atoms with Gasteiger partial charge in [-0.1, -0.05) is 37.3 Å². The maximum absolute atomic E-state index is 13.0. The summed E-state index contributed by atoms with van der Waals surface area (Å²) < 4.78 is 5.36. The van der Waals surface area contributed by atoms with Crippen LogP contribution < -0.4 is 10.1 Å². The molecule has 6 nitrogen and oxygen atoms in total. The van der Waals surface area contributed by atoms with E-state index in [-0.39, 0.29) is 11.8 Å². The number of amides is 1. The predicted molar refractivity (Wildman–Crippen MR) is 126 cm³/mol. The molecule has 0 unspecified atom stereocenters. The second-order valence-electron chi connectivity index (χ2n) is 8.18. The molecule has 0 saturated carbocycles. The number of ether oxygens (including phenoxy) is 1. The molecule has 1 aromatic heterocycles. The lowest BCUT2D eigenvalue weighted by Crippen LogP contribution is -2.37. The molecule has 1 N–H and O–H groups in total. The minimum Gasteiger partial charge on any atom is -0.497 e. The molecular formula is C26H30N4O2. The summed E-state index contributed by atoms with van der Waals surface area (Å²) in [5.41, 5.74) is 3.97. The van der Waals surface area contributed by atoms with Gasteiger partial charge in [0.1, 0.15) is 11.6 Å². The number of hydrogen-bond donors (Lipinski definition) is 1. The van der Waals surface area contributed by atoms with Gasteiger partial charge in [0.2, 0.25) is 5.91 Å². The van der Waals surface area contributed by atoms with E-state index in [0.717, 1.165) is 72.8 Å². The number of rotatable bonds is 7. The number of piperidine rings is 1. The molecule has 2 aromatic carbocycles. The zero-order valence-corrected chi connectivity index (χ0v) is 18.8. The predicted octanol–water partition coefficient (Wildman–Crippen LogP) is 4.57. The topological polar surface area (TPSA) is 67.4 Å². The van der Waals surface area contributed by atoms with Gasteiger partial charge in [-0.3, -0.25) is 9.69 Å². The summed E-state index contributed by atoms with van der Waals surface area (Å²) in [6.45, 7) is 4.67. The lowest BCUT2D eigenvalue weighted by Gasteiger charge is -2.31. The SMILES string of the molecule is CCc1ncc(CN2CCC(C(=O)Nc3ccccc3-c3cccc(OC)c3)CC2)cn1. The Bertz CT molecular complexity index is 1040. The monoisotopic (exact) mass is 430 g/mol. The average Bonchev–Trinajstić information content (AvgIpc) is 2.85. The molecule has 4 rings (SSSR count). The van der Waals surface area contributed by atoms with Crippen LogP contribution in [0.2, 0.25) is 0 Å². The minimum absolute atomic E-state index is 0.0170. The Morgan fingerprint density at radius 3 is 2.56 bits per heavy atom. The molecule has 1 amide bonds. The molecule has 0 spiro atoms. The molecule has 1 aliphatic heterocycles. The van der Waals surface area contributed by atoms with Gasteiger partial charge in [0.15, 0.2) is 0 Å². The number of para-hydroxylation sites is 1. The maximum Gasteiger partial charge on any atom is 0.227 e. The van der Waals surface area contributed by atoms with E-state index >= 15 is 0 Å². The number of aryl methyl sites for hydroxylation is 1. The highest BCUT2D eigenvalue weighted by molar-refractivity contribution is 5.96. The fourth-order valence-electron chi connectivity index (χ4n) is 4.13. The summed E-state index contributed by atoms with van der Waals surface area (Å²) in [7, 11) is 1.66. The number of benzene rings is 2. The van der Waals surface area contributed by atoms with Crippen molar-refractivity contribution in [1.82, 2.24) is 14.9 Å². The van der Waals surface area contributed by atoms with Crippen molar-refractivity contribution in [3.63, 3.8) is 0 Å². The van der Waals surface area contributed by atoms with Crippen LogP contribution in [0.5, 0.6) is 5.75 Å². The van der Waals surface area contributed by atoms with Gasteiger partial charge in [0.25, 0.3) is 0 Å². The van der Waals surface area contributed by atoms with Crippen LogP contribution in [0.4, 0.5) is 5.69 Å². The Morgan fingerprint density at radius 1 is 1.09 bits per heavy atom. The van der Waals surface area contributed by atoms with Gasteiger partial charge in [0.05, 0.1) is 7.11 Å². The van der Waals surface area contributed by atoms with Crippen molar-refractivity contribution in [2.45, 2.75) is 32.7 Å². The van der Waals surface area contributed by atoms with Crippen LogP contribution in [0.1, 0.15) is 31.2 Å². The van der Waals surface area contributed by atoms with Crippen molar-refractivity contribution in [3.8, 4) is 16.9 Å². The van der Waals surface area contributed by atoms with E-state index in [1.54, 1.807) is 7.11 Å². The minimum atomic E-state index is 0.0170. The summed E-state index contributed by atoms with van der Waals surface area (Å²) in [5.74, 6) is 1.78. The first-order valence-corrected chi connectivity index (χ1v) is 11.2. The molecule has 32 heavy (non-hydrogen) atoms. The number of hydrogen-bond acceptors (Lipinski definition) is 5. The van der Waals surface area contributed by atoms with E-state index in [0.29, 0.717) is 0 Å². The molecule has 0 aliphatic carbocycles. The average molecular weight is 431 g/mol. The number of nitrogens with zero attached hydrogens (tertiary/aromatic N) is 3. The molecule has 0 bridgehead atoms. The molecular weight excluding hydrogens is 400 g/mol. The molecule has 3 aromatic rings. The van der Waals surface area contributed by atoms with E-state index in [2.05, 4.69) is 27.1 Å². The molecule has 1 saturated heterocycles. The molecule has 1 fully saturated rings. The molecule has 6 heteroatoms. The van der Waals surface area contributed by atoms with Crippen LogP contribution in [0.25, 0.3) is 11.1 Å². The zero-order valence-electron chi connectivity index (χ0n) is 18.8. The van der Waals surface area contributed by atoms with Crippen molar-refractivity contribution in [1.29, 1.82) is 0 Å². The normalized spacial score (nSPS) is 14.8. The quantitative estimate of drug-likeness (QED) is 0.595. The number of methoxy groups -OCH3 is 1. The number of anilines is 1. The van der Waals surface area contributed by atoms with Crippen LogP contribution in [0.3, 0.4) is 0 Å². The maximum atomic E-state index is 13.0. The standard InChI is InChI=1S/C26H30N4O2/c1-3-25-27-16-19(17-28-25)18-30-13-11-20(12-14-30)26(31)29-24-10-5-4-9-23(24)21-7-6-8-22(15-21)32-2/h4-10,15-17,20H,3,11-14,18H2,1-2H3,(H,29,31). The van der Waals surface area contributed by atoms with E-state index < -0.39 is 0 Å². The summed E-state index contributed by atoms with van der Waals surface area (Å²) in [6, 6.07) is 15.8. The third-order valence-corrected chi connectivity index (χ3v) is 6.01. The third kappa shape index (κ3) is 5.32. The van der Waals surface area contributed by atoms with Crippen molar-refractivity contribution in [3.05, 3.63) is 72.3 Å². The van der Waals surface area contributed by atoms with Crippen LogP contribution in [-0.4, -0.2) is 41.0 Å². The molecule has 166 valence electrons. The number of carbonyl (C=O) groups excluding carboxylic acids is 1. The van der Waals surface area contributed by atoms with Gasteiger partial charge in [-0.05, 0) is 49.7 Å². The number of aromatic nitrogens is 2. The number of nitrogens with one attached hydrogen (secondary N) is 1. The largest absolute Gasteiger partial charge is 0.497 e. The van der Waals surface area contributed by atoms with Crippen molar-refractivity contribution < 1.29 is 9.53 Å². The highest BCUT2D eigenvalue weighted by atomic mass is 16.5. The van der Waals surface area contributed by atoms with Gasteiger partial charge >= 0.3 is 0 Å². The molecule has 0 radical (unpaired) electrons.